The van der Waals surface area contributed by atoms with Crippen LogP contribution < -0.4 is 4.74 Å². The fraction of sp³-hybridized carbons (Fsp3) is 0.364. The number of rotatable bonds is 1. The van der Waals surface area contributed by atoms with E-state index >= 15 is 0 Å². The zero-order valence-electron chi connectivity index (χ0n) is 8.36. The molecule has 1 atom stereocenters. The minimum absolute atomic E-state index is 0.191. The Labute approximate surface area is 87.2 Å². The van der Waals surface area contributed by atoms with Crippen molar-refractivity contribution in [3.63, 3.8) is 0 Å². The lowest BCUT2D eigenvalue weighted by Crippen LogP contribution is -2.36. The maximum absolute atomic E-state index is 10.3. The average Bonchev–Trinajstić information content (AvgIpc) is 2.17. The number of nitrogens with zero attached hydrogens (tertiary/aromatic N) is 1. The van der Waals surface area contributed by atoms with Crippen LogP contribution in [0.15, 0.2) is 23.2 Å². The zero-order chi connectivity index (χ0) is 10.9. The molecule has 78 valence electrons. The lowest BCUT2D eigenvalue weighted by Gasteiger charge is -2.30. The van der Waals surface area contributed by atoms with Crippen LogP contribution in [0, 0.1) is 0 Å². The molecule has 0 aromatic heterocycles. The summed E-state index contributed by atoms with van der Waals surface area (Å²) in [5.41, 5.74) is 0.297. The molecular formula is C11H11NO3. The Bertz CT molecular complexity index is 437. The van der Waals surface area contributed by atoms with Gasteiger partial charge in [0.1, 0.15) is 23.6 Å². The number of hydrogen-bond donors (Lipinski definition) is 1. The molecular weight excluding hydrogens is 194 g/mol. The number of hydrogen-bond acceptors (Lipinski definition) is 4. The van der Waals surface area contributed by atoms with Crippen LogP contribution in [0.2, 0.25) is 0 Å². The molecule has 15 heavy (non-hydrogen) atoms. The molecule has 1 aromatic carbocycles. The number of phenols is 1. The van der Waals surface area contributed by atoms with Gasteiger partial charge in [0.2, 0.25) is 6.08 Å². The molecule has 1 N–H and O–H groups in total. The van der Waals surface area contributed by atoms with E-state index < -0.39 is 5.54 Å². The van der Waals surface area contributed by atoms with Gasteiger partial charge in [-0.25, -0.2) is 4.79 Å². The molecule has 1 aliphatic heterocycles. The molecule has 1 unspecified atom stereocenters. The second-order valence-electron chi connectivity index (χ2n) is 3.96. The molecule has 0 spiro atoms. The average molecular weight is 205 g/mol. The lowest BCUT2D eigenvalue weighted by molar-refractivity contribution is 0.205. The Morgan fingerprint density at radius 2 is 2.40 bits per heavy atom. The molecule has 2 rings (SSSR count). The molecule has 0 fully saturated rings. The first-order chi connectivity index (χ1) is 7.13. The Kier molecular flexibility index (Phi) is 2.21. The third-order valence-corrected chi connectivity index (χ3v) is 2.47. The van der Waals surface area contributed by atoms with E-state index in [2.05, 4.69) is 4.99 Å². The quantitative estimate of drug-likeness (QED) is 0.557. The van der Waals surface area contributed by atoms with Crippen molar-refractivity contribution in [2.75, 3.05) is 6.61 Å². The number of benzene rings is 1. The van der Waals surface area contributed by atoms with E-state index in [1.807, 2.05) is 6.92 Å². The summed E-state index contributed by atoms with van der Waals surface area (Å²) in [5.74, 6) is 0.933. The van der Waals surface area contributed by atoms with Crippen molar-refractivity contribution in [3.05, 3.63) is 23.8 Å². The molecule has 0 amide bonds. The van der Waals surface area contributed by atoms with Gasteiger partial charge < -0.3 is 9.84 Å². The standard InChI is InChI=1S/C11H11NO3/c1-11(12-7-13)5-8-4-9(14)2-3-10(8)15-6-11/h2-4,14H,5-6H2,1H3. The van der Waals surface area contributed by atoms with Crippen LogP contribution >= 0.6 is 0 Å². The molecule has 0 saturated heterocycles. The Morgan fingerprint density at radius 1 is 1.60 bits per heavy atom. The maximum Gasteiger partial charge on any atom is 0.235 e. The van der Waals surface area contributed by atoms with Gasteiger partial charge in [-0.05, 0) is 25.1 Å². The van der Waals surface area contributed by atoms with E-state index in [9.17, 15) is 9.90 Å². The third-order valence-electron chi connectivity index (χ3n) is 2.47. The highest BCUT2D eigenvalue weighted by atomic mass is 16.5. The highest BCUT2D eigenvalue weighted by molar-refractivity contribution is 5.43. The fourth-order valence-corrected chi connectivity index (χ4v) is 1.72. The molecule has 0 aliphatic carbocycles. The van der Waals surface area contributed by atoms with E-state index in [-0.39, 0.29) is 5.75 Å². The number of carbonyl (C=O) groups excluding carboxylic acids is 1. The fourth-order valence-electron chi connectivity index (χ4n) is 1.72. The van der Waals surface area contributed by atoms with Gasteiger partial charge in [-0.1, -0.05) is 0 Å². The number of phenolic OH excluding ortho intramolecular Hbond substituents is 1. The second-order valence-corrected chi connectivity index (χ2v) is 3.96. The summed E-state index contributed by atoms with van der Waals surface area (Å²) < 4.78 is 5.46. The SMILES string of the molecule is CC1(N=C=O)COc2ccc(O)cc2C1. The van der Waals surface area contributed by atoms with Gasteiger partial charge in [0.25, 0.3) is 0 Å². The van der Waals surface area contributed by atoms with Crippen molar-refractivity contribution in [1.29, 1.82) is 0 Å². The van der Waals surface area contributed by atoms with Gasteiger partial charge >= 0.3 is 0 Å². The summed E-state index contributed by atoms with van der Waals surface area (Å²) in [5, 5.41) is 9.32. The minimum atomic E-state index is -0.567. The molecule has 0 radical (unpaired) electrons. The van der Waals surface area contributed by atoms with Gasteiger partial charge in [0, 0.05) is 12.0 Å². The molecule has 1 aliphatic rings. The van der Waals surface area contributed by atoms with Crippen LogP contribution in [0.5, 0.6) is 11.5 Å². The maximum atomic E-state index is 10.3. The van der Waals surface area contributed by atoms with E-state index in [4.69, 9.17) is 4.74 Å². The first kappa shape index (κ1) is 9.74. The number of aliphatic imine (C=N–C) groups is 1. The molecule has 1 heterocycles. The monoisotopic (exact) mass is 205 g/mol. The normalized spacial score (nSPS) is 23.5. The molecule has 0 bridgehead atoms. The molecule has 4 nitrogen and oxygen atoms in total. The first-order valence-electron chi connectivity index (χ1n) is 4.67. The molecule has 1 aromatic rings. The van der Waals surface area contributed by atoms with Crippen molar-refractivity contribution in [2.24, 2.45) is 4.99 Å². The summed E-state index contributed by atoms with van der Waals surface area (Å²) in [6, 6.07) is 4.92. The topological polar surface area (TPSA) is 58.9 Å². The molecule has 0 saturated carbocycles. The highest BCUT2D eigenvalue weighted by Gasteiger charge is 2.31. The van der Waals surface area contributed by atoms with Crippen molar-refractivity contribution < 1.29 is 14.6 Å². The number of isocyanates is 1. The van der Waals surface area contributed by atoms with Crippen LogP contribution in [0.4, 0.5) is 0 Å². The first-order valence-corrected chi connectivity index (χ1v) is 4.67. The zero-order valence-corrected chi connectivity index (χ0v) is 8.36. The minimum Gasteiger partial charge on any atom is -0.508 e. The highest BCUT2D eigenvalue weighted by Crippen LogP contribution is 2.33. The summed E-state index contributed by atoms with van der Waals surface area (Å²) >= 11 is 0. The summed E-state index contributed by atoms with van der Waals surface area (Å²) in [7, 11) is 0. The van der Waals surface area contributed by atoms with E-state index in [1.165, 1.54) is 0 Å². The van der Waals surface area contributed by atoms with Gasteiger partial charge in [-0.15, -0.1) is 0 Å². The Hall–Kier alpha value is -1.80. The largest absolute Gasteiger partial charge is 0.508 e. The third kappa shape index (κ3) is 1.85. The summed E-state index contributed by atoms with van der Waals surface area (Å²) in [6.45, 7) is 2.19. The van der Waals surface area contributed by atoms with Gasteiger partial charge in [-0.2, -0.15) is 4.99 Å². The number of aromatic hydroxyl groups is 1. The number of ether oxygens (including phenoxy) is 1. The van der Waals surface area contributed by atoms with Gasteiger partial charge in [-0.3, -0.25) is 0 Å². The number of fused-ring (bicyclic) bond motifs is 1. The van der Waals surface area contributed by atoms with Crippen molar-refractivity contribution >= 4 is 6.08 Å². The van der Waals surface area contributed by atoms with Crippen molar-refractivity contribution in [2.45, 2.75) is 18.9 Å². The van der Waals surface area contributed by atoms with Crippen molar-refractivity contribution in [1.82, 2.24) is 0 Å². The lowest BCUT2D eigenvalue weighted by atomic mass is 9.91. The summed E-state index contributed by atoms with van der Waals surface area (Å²) in [4.78, 5) is 14.0. The predicted molar refractivity (Wildman–Crippen MR) is 53.8 cm³/mol. The predicted octanol–water partition coefficient (Wildman–Crippen LogP) is 1.42. The smallest absolute Gasteiger partial charge is 0.235 e. The van der Waals surface area contributed by atoms with E-state index in [0.717, 1.165) is 11.3 Å². The Balaban J connectivity index is 2.36. The van der Waals surface area contributed by atoms with E-state index in [0.29, 0.717) is 13.0 Å². The van der Waals surface area contributed by atoms with Crippen LogP contribution in [0.3, 0.4) is 0 Å². The van der Waals surface area contributed by atoms with E-state index in [1.54, 1.807) is 24.3 Å². The van der Waals surface area contributed by atoms with Crippen molar-refractivity contribution in [3.8, 4) is 11.5 Å². The summed E-state index contributed by atoms with van der Waals surface area (Å²) in [6.07, 6.45) is 2.13. The van der Waals surface area contributed by atoms with Crippen LogP contribution in [-0.2, 0) is 11.2 Å². The van der Waals surface area contributed by atoms with Crippen LogP contribution in [0.1, 0.15) is 12.5 Å². The Morgan fingerprint density at radius 3 is 3.13 bits per heavy atom. The van der Waals surface area contributed by atoms with Gasteiger partial charge in [0.15, 0.2) is 0 Å². The molecule has 4 heteroatoms. The van der Waals surface area contributed by atoms with Gasteiger partial charge in [0.05, 0.1) is 0 Å². The van der Waals surface area contributed by atoms with Crippen LogP contribution in [0.25, 0.3) is 0 Å². The second kappa shape index (κ2) is 3.41. The van der Waals surface area contributed by atoms with Crippen LogP contribution in [-0.4, -0.2) is 23.3 Å².